The maximum atomic E-state index is 13.1. The number of para-hydroxylation sites is 2. The van der Waals surface area contributed by atoms with Crippen molar-refractivity contribution >= 4 is 64.9 Å². The number of halogens is 2. The van der Waals surface area contributed by atoms with Gasteiger partial charge in [0.2, 0.25) is 0 Å². The van der Waals surface area contributed by atoms with Crippen molar-refractivity contribution in [2.45, 2.75) is 21.9 Å². The van der Waals surface area contributed by atoms with E-state index in [-0.39, 0.29) is 21.9 Å². The Hall–Kier alpha value is -7.30. The molecule has 6 aromatic carbocycles. The molecule has 0 amide bonds. The smallest absolute Gasteiger partial charge is 0.261 e. The van der Waals surface area contributed by atoms with E-state index in [0.29, 0.717) is 58.0 Å². The summed E-state index contributed by atoms with van der Waals surface area (Å²) in [5.41, 5.74) is 4.22. The number of nitrogens with zero attached hydrogens (tertiary/aromatic N) is 2. The average Bonchev–Trinajstić information content (AvgIpc) is 3.88. The summed E-state index contributed by atoms with van der Waals surface area (Å²) >= 11 is 0. The molecule has 2 unspecified atom stereocenters. The summed E-state index contributed by atoms with van der Waals surface area (Å²) in [6, 6.07) is 42.7. The van der Waals surface area contributed by atoms with Crippen LogP contribution in [0.25, 0.3) is 21.8 Å². The minimum Gasteiger partial charge on any atom is -0.491 e. The number of ether oxygens (including phenoxy) is 2. The summed E-state index contributed by atoms with van der Waals surface area (Å²) < 4.78 is 93.6. The highest BCUT2D eigenvalue weighted by atomic mass is 32.2. The van der Waals surface area contributed by atoms with Gasteiger partial charge < -0.3 is 20.1 Å². The van der Waals surface area contributed by atoms with E-state index in [1.54, 1.807) is 36.4 Å². The molecule has 0 saturated heterocycles. The van der Waals surface area contributed by atoms with Crippen molar-refractivity contribution in [1.29, 1.82) is 0 Å². The Morgan fingerprint density at radius 3 is 1.29 bits per heavy atom. The first-order valence-corrected chi connectivity index (χ1v) is 22.3. The molecular weight excluding hydrogens is 835 g/mol. The van der Waals surface area contributed by atoms with Gasteiger partial charge in [0.05, 0.1) is 44.3 Å². The van der Waals surface area contributed by atoms with E-state index in [4.69, 9.17) is 9.47 Å². The number of fused-ring (bicyclic) bond motifs is 4. The van der Waals surface area contributed by atoms with Gasteiger partial charge in [-0.2, -0.15) is 0 Å². The number of anilines is 4. The zero-order valence-electron chi connectivity index (χ0n) is 32.5. The maximum absolute atomic E-state index is 13.1. The summed E-state index contributed by atoms with van der Waals surface area (Å²) in [5, 5.41) is 8.06. The molecule has 0 aliphatic carbocycles. The molecule has 2 atom stereocenters. The molecular formula is C46H36F2N6O6S2. The summed E-state index contributed by atoms with van der Waals surface area (Å²) in [6.07, 6.45) is 0. The number of pyridine rings is 2. The maximum Gasteiger partial charge on any atom is 0.261 e. The molecule has 4 heterocycles. The Kier molecular flexibility index (Phi) is 10.8. The van der Waals surface area contributed by atoms with Crippen LogP contribution in [0.2, 0.25) is 0 Å². The number of aromatic nitrogens is 2. The molecule has 2 aliphatic heterocycles. The van der Waals surface area contributed by atoms with Crippen LogP contribution in [-0.4, -0.2) is 40.0 Å². The molecule has 2 aromatic heterocycles. The van der Waals surface area contributed by atoms with E-state index >= 15 is 0 Å². The van der Waals surface area contributed by atoms with E-state index < -0.39 is 31.7 Å². The predicted octanol–water partition coefficient (Wildman–Crippen LogP) is 9.44. The topological polar surface area (TPSA) is 161 Å². The van der Waals surface area contributed by atoms with Gasteiger partial charge >= 0.3 is 0 Å². The van der Waals surface area contributed by atoms with Crippen molar-refractivity contribution in [1.82, 2.24) is 9.97 Å². The lowest BCUT2D eigenvalue weighted by Crippen LogP contribution is -2.14. The first kappa shape index (κ1) is 40.1. The van der Waals surface area contributed by atoms with Crippen molar-refractivity contribution in [2.24, 2.45) is 0 Å². The molecule has 2 aliphatic rings. The van der Waals surface area contributed by atoms with Gasteiger partial charge in [0, 0.05) is 21.9 Å². The first-order valence-electron chi connectivity index (χ1n) is 19.3. The largest absolute Gasteiger partial charge is 0.491 e. The summed E-state index contributed by atoms with van der Waals surface area (Å²) in [4.78, 5) is 9.24. The van der Waals surface area contributed by atoms with Gasteiger partial charge in [0.15, 0.2) is 0 Å². The zero-order chi connectivity index (χ0) is 42.8. The van der Waals surface area contributed by atoms with Crippen LogP contribution in [-0.2, 0) is 20.0 Å². The van der Waals surface area contributed by atoms with Gasteiger partial charge in [-0.15, -0.1) is 0 Å². The number of sulfonamides is 2. The first-order chi connectivity index (χ1) is 30.0. The standard InChI is InChI=1S/2C23H18FN3O3S/c2*24-15-8-10-16(11-9-15)31(28,29)27-20-6-3-5-19-17(20)12-13-23(25-19)26-21-14-30-22-7-2-1-4-18(21)22/h2*1-13,21,27H,14H2,(H,25,26). The SMILES string of the molecule is O=S(=O)(Nc1cccc2nc(NC3COc4ccccc43)ccc12)c1ccc(F)cc1.O=S(=O)(Nc1cccc2nc(NC3COc4ccccc43)ccc12)c1ccc(F)cc1. The van der Waals surface area contributed by atoms with Gasteiger partial charge in [0.25, 0.3) is 20.0 Å². The van der Waals surface area contributed by atoms with Crippen molar-refractivity contribution < 1.29 is 35.1 Å². The highest BCUT2D eigenvalue weighted by Crippen LogP contribution is 2.36. The molecule has 0 saturated carbocycles. The van der Waals surface area contributed by atoms with Crippen LogP contribution in [0.4, 0.5) is 31.8 Å². The molecule has 4 N–H and O–H groups in total. The van der Waals surface area contributed by atoms with Crippen molar-refractivity contribution in [3.05, 3.63) is 180 Å². The number of rotatable bonds is 10. The van der Waals surface area contributed by atoms with Gasteiger partial charge in [-0.3, -0.25) is 9.44 Å². The summed E-state index contributed by atoms with van der Waals surface area (Å²) in [7, 11) is -7.72. The van der Waals surface area contributed by atoms with Gasteiger partial charge in [-0.25, -0.2) is 35.6 Å². The molecule has 8 aromatic rings. The van der Waals surface area contributed by atoms with Gasteiger partial charge in [-0.05, 0) is 109 Å². The molecule has 0 bridgehead atoms. The number of benzene rings is 6. The van der Waals surface area contributed by atoms with Crippen LogP contribution in [0, 0.1) is 11.6 Å². The molecule has 62 heavy (non-hydrogen) atoms. The van der Waals surface area contributed by atoms with Crippen LogP contribution in [0.1, 0.15) is 23.2 Å². The molecule has 16 heteroatoms. The Bertz CT molecular complexity index is 2960. The van der Waals surface area contributed by atoms with Crippen LogP contribution in [0.5, 0.6) is 11.5 Å². The third-order valence-corrected chi connectivity index (χ3v) is 13.0. The van der Waals surface area contributed by atoms with E-state index in [2.05, 4.69) is 30.0 Å². The van der Waals surface area contributed by atoms with Crippen molar-refractivity contribution in [3.63, 3.8) is 0 Å². The lowest BCUT2D eigenvalue weighted by molar-refractivity contribution is 0.339. The van der Waals surface area contributed by atoms with Crippen LogP contribution in [0.3, 0.4) is 0 Å². The molecule has 10 rings (SSSR count). The minimum absolute atomic E-state index is 0.0127. The average molecular weight is 871 g/mol. The second kappa shape index (κ2) is 16.6. The predicted molar refractivity (Wildman–Crippen MR) is 235 cm³/mol. The fourth-order valence-electron chi connectivity index (χ4n) is 7.20. The Balaban J connectivity index is 0.000000158. The van der Waals surface area contributed by atoms with E-state index in [1.165, 1.54) is 24.3 Å². The van der Waals surface area contributed by atoms with Crippen LogP contribution >= 0.6 is 0 Å². The third kappa shape index (κ3) is 8.50. The molecule has 0 fully saturated rings. The lowest BCUT2D eigenvalue weighted by atomic mass is 10.1. The quantitative estimate of drug-likeness (QED) is 0.104. The summed E-state index contributed by atoms with van der Waals surface area (Å²) in [6.45, 7) is 1.02. The molecule has 0 radical (unpaired) electrons. The highest BCUT2D eigenvalue weighted by molar-refractivity contribution is 7.93. The fraction of sp³-hybridized carbons (Fsp3) is 0.0870. The molecule has 312 valence electrons. The zero-order valence-corrected chi connectivity index (χ0v) is 34.1. The van der Waals surface area contributed by atoms with Crippen molar-refractivity contribution in [2.75, 3.05) is 33.3 Å². The van der Waals surface area contributed by atoms with E-state index in [9.17, 15) is 25.6 Å². The summed E-state index contributed by atoms with van der Waals surface area (Å²) in [5.74, 6) is 2.05. The van der Waals surface area contributed by atoms with Crippen molar-refractivity contribution in [3.8, 4) is 11.5 Å². The van der Waals surface area contributed by atoms with Gasteiger partial charge in [0.1, 0.15) is 48.0 Å². The monoisotopic (exact) mass is 870 g/mol. The molecule has 0 spiro atoms. The Morgan fingerprint density at radius 2 is 0.871 bits per heavy atom. The lowest BCUT2D eigenvalue weighted by Gasteiger charge is -2.14. The number of hydrogen-bond acceptors (Lipinski definition) is 10. The van der Waals surface area contributed by atoms with Crippen LogP contribution in [0.15, 0.2) is 168 Å². The second-order valence-electron chi connectivity index (χ2n) is 14.3. The fourth-order valence-corrected chi connectivity index (χ4v) is 9.36. The minimum atomic E-state index is -3.86. The number of nitrogens with one attached hydrogen (secondary N) is 4. The normalized spacial score (nSPS) is 15.3. The highest BCUT2D eigenvalue weighted by Gasteiger charge is 2.25. The van der Waals surface area contributed by atoms with Crippen LogP contribution < -0.4 is 29.6 Å². The Morgan fingerprint density at radius 1 is 0.468 bits per heavy atom. The van der Waals surface area contributed by atoms with E-state index in [0.717, 1.165) is 46.9 Å². The van der Waals surface area contributed by atoms with Gasteiger partial charge in [-0.1, -0.05) is 48.5 Å². The molecule has 12 nitrogen and oxygen atoms in total. The number of hydrogen-bond donors (Lipinski definition) is 4. The third-order valence-electron chi connectivity index (χ3n) is 10.2. The Labute approximate surface area is 355 Å². The second-order valence-corrected chi connectivity index (χ2v) is 17.7. The van der Waals surface area contributed by atoms with E-state index in [1.807, 2.05) is 72.8 Å².